The molecule has 1 atom stereocenters. The highest BCUT2D eigenvalue weighted by Crippen LogP contribution is 2.29. The maximum atomic E-state index is 14.2. The van der Waals surface area contributed by atoms with Crippen molar-refractivity contribution < 1.29 is 23.5 Å². The van der Waals surface area contributed by atoms with Crippen LogP contribution < -0.4 is 4.74 Å². The number of ketones is 1. The number of benzene rings is 1. The van der Waals surface area contributed by atoms with E-state index in [1.165, 1.54) is 32.2 Å². The predicted molar refractivity (Wildman–Crippen MR) is 72.2 cm³/mol. The summed E-state index contributed by atoms with van der Waals surface area (Å²) in [5, 5.41) is 0. The number of halogens is 1. The first-order valence-corrected chi connectivity index (χ1v) is 6.23. The summed E-state index contributed by atoms with van der Waals surface area (Å²) < 4.78 is 24.2. The number of methoxy groups -OCH3 is 1. The lowest BCUT2D eigenvalue weighted by Crippen LogP contribution is -2.31. The van der Waals surface area contributed by atoms with E-state index >= 15 is 0 Å². The van der Waals surface area contributed by atoms with E-state index in [1.807, 2.05) is 0 Å². The third-order valence-corrected chi connectivity index (χ3v) is 2.57. The van der Waals surface area contributed by atoms with Gasteiger partial charge in [-0.1, -0.05) is 12.1 Å². The Labute approximate surface area is 117 Å². The summed E-state index contributed by atoms with van der Waals surface area (Å²) in [5.74, 6) is -3.27. The number of carbonyl (C=O) groups excluding carboxylic acids is 2. The molecule has 0 saturated carbocycles. The fourth-order valence-electron chi connectivity index (χ4n) is 1.78. The molecule has 1 unspecified atom stereocenters. The summed E-state index contributed by atoms with van der Waals surface area (Å²) in [7, 11) is 1.32. The fraction of sp³-hybridized carbons (Fsp3) is 0.467. The van der Waals surface area contributed by atoms with E-state index in [9.17, 15) is 14.0 Å². The van der Waals surface area contributed by atoms with E-state index in [1.54, 1.807) is 20.8 Å². The standard InChI is InChI=1S/C15H19FO4/c1-9(17)12(14(18)20-15(2,3)4)10-7-6-8-11(19-5)13(10)16/h6-8,12H,1-5H3. The van der Waals surface area contributed by atoms with Gasteiger partial charge in [-0.15, -0.1) is 0 Å². The number of rotatable bonds is 4. The zero-order chi connectivity index (χ0) is 15.5. The van der Waals surface area contributed by atoms with Crippen LogP contribution in [0.4, 0.5) is 4.39 Å². The summed E-state index contributed by atoms with van der Waals surface area (Å²) in [6.07, 6.45) is 0. The van der Waals surface area contributed by atoms with E-state index in [-0.39, 0.29) is 11.3 Å². The van der Waals surface area contributed by atoms with Crippen molar-refractivity contribution in [3.8, 4) is 5.75 Å². The van der Waals surface area contributed by atoms with Gasteiger partial charge in [0.05, 0.1) is 7.11 Å². The van der Waals surface area contributed by atoms with Gasteiger partial charge >= 0.3 is 5.97 Å². The number of ether oxygens (including phenoxy) is 2. The summed E-state index contributed by atoms with van der Waals surface area (Å²) in [5.41, 5.74) is -0.786. The number of carbonyl (C=O) groups is 2. The van der Waals surface area contributed by atoms with Crippen molar-refractivity contribution in [3.63, 3.8) is 0 Å². The minimum Gasteiger partial charge on any atom is -0.494 e. The Bertz CT molecular complexity index is 517. The van der Waals surface area contributed by atoms with Crippen LogP contribution in [0.5, 0.6) is 5.75 Å². The SMILES string of the molecule is COc1cccc(C(C(C)=O)C(=O)OC(C)(C)C)c1F. The van der Waals surface area contributed by atoms with E-state index < -0.39 is 29.1 Å². The Morgan fingerprint density at radius 2 is 1.85 bits per heavy atom. The van der Waals surface area contributed by atoms with E-state index in [4.69, 9.17) is 9.47 Å². The Hall–Kier alpha value is -1.91. The molecule has 0 fully saturated rings. The molecular formula is C15H19FO4. The van der Waals surface area contributed by atoms with Crippen LogP contribution in [0.15, 0.2) is 18.2 Å². The second-order valence-corrected chi connectivity index (χ2v) is 5.44. The Morgan fingerprint density at radius 3 is 2.30 bits per heavy atom. The highest BCUT2D eigenvalue weighted by molar-refractivity contribution is 6.03. The molecule has 0 bridgehead atoms. The molecule has 1 aromatic rings. The van der Waals surface area contributed by atoms with Gasteiger partial charge in [0.15, 0.2) is 11.6 Å². The third-order valence-electron chi connectivity index (χ3n) is 2.57. The van der Waals surface area contributed by atoms with Crippen molar-refractivity contribution in [1.82, 2.24) is 0 Å². The van der Waals surface area contributed by atoms with Crippen LogP contribution in [-0.2, 0) is 14.3 Å². The van der Waals surface area contributed by atoms with Gasteiger partial charge in [0.1, 0.15) is 17.3 Å². The molecular weight excluding hydrogens is 263 g/mol. The molecule has 110 valence electrons. The van der Waals surface area contributed by atoms with Crippen LogP contribution in [0.2, 0.25) is 0 Å². The van der Waals surface area contributed by atoms with Crippen molar-refractivity contribution in [2.24, 2.45) is 0 Å². The first kappa shape index (κ1) is 16.1. The molecule has 1 aromatic carbocycles. The lowest BCUT2D eigenvalue weighted by Gasteiger charge is -2.23. The first-order valence-electron chi connectivity index (χ1n) is 6.23. The summed E-state index contributed by atoms with van der Waals surface area (Å²) in [4.78, 5) is 23.8. The van der Waals surface area contributed by atoms with Gasteiger partial charge in [-0.25, -0.2) is 4.39 Å². The molecule has 0 N–H and O–H groups in total. The second kappa shape index (κ2) is 6.03. The number of Topliss-reactive ketones (excluding diaryl/α,β-unsaturated/α-hetero) is 1. The largest absolute Gasteiger partial charge is 0.494 e. The predicted octanol–water partition coefficient (Wildman–Crippen LogP) is 2.85. The lowest BCUT2D eigenvalue weighted by molar-refractivity contribution is -0.158. The Kier molecular flexibility index (Phi) is 4.87. The van der Waals surface area contributed by atoms with Gasteiger partial charge < -0.3 is 9.47 Å². The second-order valence-electron chi connectivity index (χ2n) is 5.44. The topological polar surface area (TPSA) is 52.6 Å². The van der Waals surface area contributed by atoms with Crippen molar-refractivity contribution in [2.45, 2.75) is 39.2 Å². The average Bonchev–Trinajstić information content (AvgIpc) is 2.28. The minimum absolute atomic E-state index is 0.0164. The molecule has 0 aliphatic carbocycles. The number of hydrogen-bond acceptors (Lipinski definition) is 4. The van der Waals surface area contributed by atoms with Crippen LogP contribution in [0.25, 0.3) is 0 Å². The van der Waals surface area contributed by atoms with Gasteiger partial charge in [0.25, 0.3) is 0 Å². The van der Waals surface area contributed by atoms with Crippen LogP contribution >= 0.6 is 0 Å². The van der Waals surface area contributed by atoms with Crippen molar-refractivity contribution in [3.05, 3.63) is 29.6 Å². The van der Waals surface area contributed by atoms with Crippen molar-refractivity contribution in [1.29, 1.82) is 0 Å². The molecule has 0 spiro atoms. The molecule has 0 aliphatic rings. The summed E-state index contributed by atoms with van der Waals surface area (Å²) in [6, 6.07) is 4.33. The molecule has 4 nitrogen and oxygen atoms in total. The Morgan fingerprint density at radius 1 is 1.25 bits per heavy atom. The van der Waals surface area contributed by atoms with Crippen LogP contribution in [0.1, 0.15) is 39.2 Å². The smallest absolute Gasteiger partial charge is 0.321 e. The molecule has 0 heterocycles. The van der Waals surface area contributed by atoms with E-state index in [2.05, 4.69) is 0 Å². The highest BCUT2D eigenvalue weighted by Gasteiger charge is 2.33. The van der Waals surface area contributed by atoms with Gasteiger partial charge in [-0.05, 0) is 33.8 Å². The monoisotopic (exact) mass is 282 g/mol. The lowest BCUT2D eigenvalue weighted by atomic mass is 9.94. The number of hydrogen-bond donors (Lipinski definition) is 0. The van der Waals surface area contributed by atoms with Gasteiger partial charge in [0, 0.05) is 5.56 Å². The average molecular weight is 282 g/mol. The molecule has 20 heavy (non-hydrogen) atoms. The van der Waals surface area contributed by atoms with Gasteiger partial charge in [0.2, 0.25) is 0 Å². The van der Waals surface area contributed by atoms with Crippen molar-refractivity contribution in [2.75, 3.05) is 7.11 Å². The first-order chi connectivity index (χ1) is 9.17. The van der Waals surface area contributed by atoms with Crippen LogP contribution in [0, 0.1) is 5.82 Å². The zero-order valence-corrected chi connectivity index (χ0v) is 12.3. The molecule has 0 aliphatic heterocycles. The third kappa shape index (κ3) is 3.79. The summed E-state index contributed by atoms with van der Waals surface area (Å²) >= 11 is 0. The fourth-order valence-corrected chi connectivity index (χ4v) is 1.78. The Balaban J connectivity index is 3.22. The zero-order valence-electron chi connectivity index (χ0n) is 12.3. The molecule has 0 aromatic heterocycles. The van der Waals surface area contributed by atoms with E-state index in [0.29, 0.717) is 0 Å². The van der Waals surface area contributed by atoms with Gasteiger partial charge in [-0.2, -0.15) is 0 Å². The summed E-state index contributed by atoms with van der Waals surface area (Å²) in [6.45, 7) is 6.28. The highest BCUT2D eigenvalue weighted by atomic mass is 19.1. The molecule has 1 rings (SSSR count). The van der Waals surface area contributed by atoms with Crippen molar-refractivity contribution >= 4 is 11.8 Å². The number of esters is 1. The minimum atomic E-state index is -1.29. The quantitative estimate of drug-likeness (QED) is 0.629. The molecule has 0 saturated heterocycles. The molecule has 0 amide bonds. The van der Waals surface area contributed by atoms with Gasteiger partial charge in [-0.3, -0.25) is 9.59 Å². The van der Waals surface area contributed by atoms with Crippen LogP contribution in [0.3, 0.4) is 0 Å². The van der Waals surface area contributed by atoms with Crippen LogP contribution in [-0.4, -0.2) is 24.5 Å². The van der Waals surface area contributed by atoms with E-state index in [0.717, 1.165) is 0 Å². The molecule has 5 heteroatoms. The maximum absolute atomic E-state index is 14.2. The molecule has 0 radical (unpaired) electrons. The maximum Gasteiger partial charge on any atom is 0.321 e. The normalized spacial score (nSPS) is 12.7.